The molecule has 5 fully saturated rings. The lowest BCUT2D eigenvalue weighted by molar-refractivity contribution is -0.250. The van der Waals surface area contributed by atoms with Gasteiger partial charge in [-0.1, -0.05) is 46.8 Å². The Kier molecular flexibility index (Phi) is 6.33. The minimum Gasteiger partial charge on any atom is -0.469 e. The van der Waals surface area contributed by atoms with E-state index in [1.54, 1.807) is 14.0 Å². The summed E-state index contributed by atoms with van der Waals surface area (Å²) >= 11 is 0. The van der Waals surface area contributed by atoms with Crippen molar-refractivity contribution < 1.29 is 19.1 Å². The van der Waals surface area contributed by atoms with Gasteiger partial charge in [0.05, 0.1) is 12.5 Å². The highest BCUT2D eigenvalue weighted by Gasteiger charge is 2.72. The Morgan fingerprint density at radius 2 is 1.49 bits per heavy atom. The number of esters is 2. The predicted molar refractivity (Wildman–Crippen MR) is 147 cm³/mol. The molecule has 0 spiro atoms. The van der Waals surface area contributed by atoms with Gasteiger partial charge in [-0.3, -0.25) is 9.59 Å². The summed E-state index contributed by atoms with van der Waals surface area (Å²) in [5.41, 5.74) is 1.63. The van der Waals surface area contributed by atoms with Crippen LogP contribution in [-0.4, -0.2) is 25.2 Å². The summed E-state index contributed by atoms with van der Waals surface area (Å²) in [5, 5.41) is 0. The van der Waals surface area contributed by atoms with E-state index in [4.69, 9.17) is 9.47 Å². The summed E-state index contributed by atoms with van der Waals surface area (Å²) in [4.78, 5) is 25.3. The number of rotatable bonds is 3. The average molecular weight is 513 g/mol. The molecule has 0 heterocycles. The summed E-state index contributed by atoms with van der Waals surface area (Å²) in [5.74, 6) is 2.43. The zero-order valence-electron chi connectivity index (χ0n) is 24.9. The Morgan fingerprint density at radius 1 is 0.784 bits per heavy atom. The Morgan fingerprint density at radius 3 is 2.11 bits per heavy atom. The van der Waals surface area contributed by atoms with Crippen molar-refractivity contribution in [1.29, 1.82) is 0 Å². The van der Waals surface area contributed by atoms with E-state index in [1.807, 2.05) is 0 Å². The van der Waals surface area contributed by atoms with Crippen LogP contribution in [0, 0.1) is 56.7 Å². The summed E-state index contributed by atoms with van der Waals surface area (Å²) in [6, 6.07) is 0. The quantitative estimate of drug-likeness (QED) is 0.286. The first kappa shape index (κ1) is 27.3. The predicted octanol–water partition coefficient (Wildman–Crippen LogP) is 7.75. The minimum absolute atomic E-state index is 0.0130. The van der Waals surface area contributed by atoms with Crippen molar-refractivity contribution in [2.75, 3.05) is 7.11 Å². The van der Waals surface area contributed by atoms with Gasteiger partial charge >= 0.3 is 11.9 Å². The molecule has 0 radical (unpaired) electrons. The van der Waals surface area contributed by atoms with Crippen LogP contribution in [0.4, 0.5) is 0 Å². The fourth-order valence-electron chi connectivity index (χ4n) is 12.1. The fraction of sp³-hybridized carbons (Fsp3) is 0.879. The van der Waals surface area contributed by atoms with Crippen molar-refractivity contribution in [3.8, 4) is 0 Å². The highest BCUT2D eigenvalue weighted by atomic mass is 16.5. The van der Waals surface area contributed by atoms with Crippen LogP contribution in [0.2, 0.25) is 0 Å². The highest BCUT2D eigenvalue weighted by molar-refractivity contribution is 5.78. The average Bonchev–Trinajstić information content (AvgIpc) is 3.22. The number of ether oxygens (including phenoxy) is 2. The van der Waals surface area contributed by atoms with Gasteiger partial charge in [-0.05, 0) is 117 Å². The van der Waals surface area contributed by atoms with Gasteiger partial charge in [0.15, 0.2) is 0 Å². The first-order valence-electron chi connectivity index (χ1n) is 15.1. The topological polar surface area (TPSA) is 52.6 Å². The molecule has 4 nitrogen and oxygen atoms in total. The number of carbonyl (C=O) groups is 2. The fourth-order valence-corrected chi connectivity index (χ4v) is 12.1. The van der Waals surface area contributed by atoms with Crippen molar-refractivity contribution in [3.63, 3.8) is 0 Å². The highest BCUT2D eigenvalue weighted by Crippen LogP contribution is 2.77. The number of methoxy groups -OCH3 is 1. The monoisotopic (exact) mass is 512 g/mol. The Hall–Kier alpha value is -1.32. The third kappa shape index (κ3) is 3.45. The van der Waals surface area contributed by atoms with E-state index in [9.17, 15) is 9.59 Å². The van der Waals surface area contributed by atoms with Gasteiger partial charge in [0, 0.05) is 12.3 Å². The number of hydrogen-bond acceptors (Lipinski definition) is 4. The van der Waals surface area contributed by atoms with Gasteiger partial charge in [-0.2, -0.15) is 0 Å². The molecule has 5 aliphatic rings. The van der Waals surface area contributed by atoms with Crippen LogP contribution in [0.3, 0.4) is 0 Å². The standard InChI is InChI=1S/C33H52O4/c1-20(2)22-12-17-33(28(35)36-9)19-18-31(7)23(27(22)33)10-11-25-30(6)15-14-26(37-21(3)34)29(4,5)24(30)13-16-32(25,31)8/h22-27H,1,10-19H2,2-9H3/t22-,23+,24-,25+,26-,27-,30-,31+,32+,33-/m0/s1. The van der Waals surface area contributed by atoms with E-state index in [0.29, 0.717) is 29.6 Å². The lowest BCUT2D eigenvalue weighted by Gasteiger charge is -2.72. The van der Waals surface area contributed by atoms with E-state index in [-0.39, 0.29) is 45.1 Å². The molecule has 208 valence electrons. The first-order valence-corrected chi connectivity index (χ1v) is 15.1. The van der Waals surface area contributed by atoms with Crippen molar-refractivity contribution in [3.05, 3.63) is 12.2 Å². The third-order valence-corrected chi connectivity index (χ3v) is 13.9. The van der Waals surface area contributed by atoms with Crippen LogP contribution in [0.5, 0.6) is 0 Å². The molecule has 0 aromatic carbocycles. The van der Waals surface area contributed by atoms with E-state index in [0.717, 1.165) is 38.5 Å². The Labute approximate surface area is 225 Å². The lowest BCUT2D eigenvalue weighted by atomic mass is 9.32. The molecule has 0 N–H and O–H groups in total. The molecule has 0 aromatic heterocycles. The second kappa shape index (κ2) is 8.59. The zero-order chi connectivity index (χ0) is 27.2. The van der Waals surface area contributed by atoms with Crippen LogP contribution in [-0.2, 0) is 19.1 Å². The molecular weight excluding hydrogens is 460 g/mol. The summed E-state index contributed by atoms with van der Waals surface area (Å²) in [6.45, 7) is 20.7. The number of fused-ring (bicyclic) bond motifs is 7. The van der Waals surface area contributed by atoms with Gasteiger partial charge in [-0.15, -0.1) is 0 Å². The zero-order valence-corrected chi connectivity index (χ0v) is 24.9. The molecule has 0 aromatic rings. The van der Waals surface area contributed by atoms with Crippen LogP contribution < -0.4 is 0 Å². The maximum absolute atomic E-state index is 13.4. The molecule has 0 unspecified atom stereocenters. The molecule has 0 amide bonds. The van der Waals surface area contributed by atoms with E-state index in [2.05, 4.69) is 48.1 Å². The number of allylic oxidation sites excluding steroid dienone is 1. The molecule has 4 heteroatoms. The molecule has 5 rings (SSSR count). The van der Waals surface area contributed by atoms with Gasteiger partial charge in [0.1, 0.15) is 6.10 Å². The first-order chi connectivity index (χ1) is 17.2. The second-order valence-corrected chi connectivity index (χ2v) is 15.3. The SMILES string of the molecule is C=C(C)[C@@H]1CC[C@]2(C(=O)OC)CC[C@]3(C)[C@H](CC[C@@H]4[C@@]5(C)CC[C@H](OC(C)=O)C(C)(C)[C@@H]5CC[C@]43C)[C@H]12. The maximum atomic E-state index is 13.4. The number of carbonyl (C=O) groups excluding carboxylic acids is 2. The van der Waals surface area contributed by atoms with Crippen molar-refractivity contribution in [2.24, 2.45) is 56.7 Å². The third-order valence-electron chi connectivity index (χ3n) is 13.9. The minimum atomic E-state index is -0.322. The smallest absolute Gasteiger partial charge is 0.312 e. The van der Waals surface area contributed by atoms with Gasteiger partial charge < -0.3 is 9.47 Å². The largest absolute Gasteiger partial charge is 0.469 e. The normalized spacial score (nSPS) is 50.1. The van der Waals surface area contributed by atoms with Gasteiger partial charge in [-0.25, -0.2) is 0 Å². The van der Waals surface area contributed by atoms with Crippen LogP contribution >= 0.6 is 0 Å². The van der Waals surface area contributed by atoms with E-state index >= 15 is 0 Å². The Bertz CT molecular complexity index is 983. The number of hydrogen-bond donors (Lipinski definition) is 0. The molecule has 0 aliphatic heterocycles. The van der Waals surface area contributed by atoms with Crippen LogP contribution in [0.15, 0.2) is 12.2 Å². The molecular formula is C33H52O4. The molecule has 10 atom stereocenters. The van der Waals surface area contributed by atoms with Crippen LogP contribution in [0.1, 0.15) is 113 Å². The molecule has 5 saturated carbocycles. The summed E-state index contributed by atoms with van der Waals surface area (Å²) in [7, 11) is 1.59. The van der Waals surface area contributed by atoms with E-state index in [1.165, 1.54) is 31.3 Å². The molecule has 5 aliphatic carbocycles. The molecule has 0 saturated heterocycles. The molecule has 37 heavy (non-hydrogen) atoms. The Balaban J connectivity index is 1.52. The van der Waals surface area contributed by atoms with Crippen molar-refractivity contribution in [1.82, 2.24) is 0 Å². The molecule has 0 bridgehead atoms. The van der Waals surface area contributed by atoms with Crippen LogP contribution in [0.25, 0.3) is 0 Å². The second-order valence-electron chi connectivity index (χ2n) is 15.3. The van der Waals surface area contributed by atoms with Gasteiger partial charge in [0.25, 0.3) is 0 Å². The van der Waals surface area contributed by atoms with Gasteiger partial charge in [0.2, 0.25) is 0 Å². The lowest BCUT2D eigenvalue weighted by Crippen LogP contribution is -2.67. The van der Waals surface area contributed by atoms with Crippen molar-refractivity contribution >= 4 is 11.9 Å². The maximum Gasteiger partial charge on any atom is 0.312 e. The van der Waals surface area contributed by atoms with Crippen molar-refractivity contribution in [2.45, 2.75) is 119 Å². The summed E-state index contributed by atoms with van der Waals surface area (Å²) in [6.07, 6.45) is 11.1. The van der Waals surface area contributed by atoms with E-state index < -0.39 is 0 Å². The summed E-state index contributed by atoms with van der Waals surface area (Å²) < 4.78 is 11.4.